The van der Waals surface area contributed by atoms with Gasteiger partial charge in [0.15, 0.2) is 11.2 Å². The molecule has 1 amide bonds. The third kappa shape index (κ3) is 6.72. The van der Waals surface area contributed by atoms with Crippen molar-refractivity contribution in [3.05, 3.63) is 41.7 Å². The fourth-order valence-corrected chi connectivity index (χ4v) is 3.39. The van der Waals surface area contributed by atoms with E-state index in [9.17, 15) is 24.6 Å². The molecule has 0 aliphatic heterocycles. The van der Waals surface area contributed by atoms with Gasteiger partial charge in [0.1, 0.15) is 6.04 Å². The minimum absolute atomic E-state index is 0.102. The van der Waals surface area contributed by atoms with Crippen molar-refractivity contribution in [2.45, 2.75) is 44.7 Å². The van der Waals surface area contributed by atoms with Crippen LogP contribution in [0.2, 0.25) is 0 Å². The molecule has 1 aromatic carbocycles. The fourth-order valence-electron chi connectivity index (χ4n) is 3.39. The first-order chi connectivity index (χ1) is 16.4. The number of nitrogens with zero attached hydrogens (tertiary/aromatic N) is 4. The summed E-state index contributed by atoms with van der Waals surface area (Å²) in [5.41, 5.74) is 6.83. The van der Waals surface area contributed by atoms with Crippen molar-refractivity contribution in [1.82, 2.24) is 25.3 Å². The lowest BCUT2D eigenvalue weighted by molar-refractivity contribution is -0.140. The smallest absolute Gasteiger partial charge is 0.326 e. The second kappa shape index (κ2) is 10.2. The number of aliphatic carboxylic acids is 2. The number of amides is 1. The van der Waals surface area contributed by atoms with E-state index in [0.29, 0.717) is 17.8 Å². The van der Waals surface area contributed by atoms with Crippen LogP contribution in [0.25, 0.3) is 11.2 Å². The normalized spacial score (nSPS) is 12.2. The number of carboxylic acid groups (broad SMARTS) is 2. The van der Waals surface area contributed by atoms with Crippen LogP contribution in [0, 0.1) is 0 Å². The van der Waals surface area contributed by atoms with Gasteiger partial charge in [0.2, 0.25) is 11.8 Å². The van der Waals surface area contributed by atoms with Gasteiger partial charge in [0.05, 0.1) is 11.9 Å². The molecule has 13 heteroatoms. The predicted molar refractivity (Wildman–Crippen MR) is 125 cm³/mol. The quantitative estimate of drug-likeness (QED) is 0.240. The second-order valence-corrected chi connectivity index (χ2v) is 8.50. The van der Waals surface area contributed by atoms with Crippen molar-refractivity contribution >= 4 is 40.6 Å². The summed E-state index contributed by atoms with van der Waals surface area (Å²) in [4.78, 5) is 50.6. The summed E-state index contributed by atoms with van der Waals surface area (Å²) in [6, 6.07) is 5.08. The maximum Gasteiger partial charge on any atom is 0.326 e. The molecule has 1 atom stereocenters. The Morgan fingerprint density at radius 3 is 2.40 bits per heavy atom. The molecule has 1 unspecified atom stereocenters. The van der Waals surface area contributed by atoms with E-state index in [2.05, 4.69) is 30.6 Å². The topological polar surface area (TPSA) is 214 Å². The molecule has 0 saturated carbocycles. The Kier molecular flexibility index (Phi) is 7.28. The van der Waals surface area contributed by atoms with Crippen molar-refractivity contribution in [1.29, 1.82) is 0 Å². The van der Waals surface area contributed by atoms with E-state index in [1.54, 1.807) is 12.1 Å². The molecular weight excluding hydrogens is 458 g/mol. The number of nitrogens with two attached hydrogens (primary N) is 1. The molecule has 0 fully saturated rings. The van der Waals surface area contributed by atoms with Gasteiger partial charge in [0, 0.05) is 29.6 Å². The summed E-state index contributed by atoms with van der Waals surface area (Å²) < 4.78 is 0. The minimum atomic E-state index is -1.31. The van der Waals surface area contributed by atoms with Gasteiger partial charge >= 0.3 is 11.9 Å². The van der Waals surface area contributed by atoms with E-state index in [-0.39, 0.29) is 41.4 Å². The number of nitrogen functional groups attached to an aromatic ring is 1. The number of fused-ring (bicyclic) bond motifs is 1. The molecule has 0 spiro atoms. The molecule has 2 heterocycles. The van der Waals surface area contributed by atoms with Gasteiger partial charge in [-0.1, -0.05) is 0 Å². The molecule has 2 aromatic heterocycles. The number of hydrogen-bond acceptors (Lipinski definition) is 10. The van der Waals surface area contributed by atoms with Crippen LogP contribution in [0.5, 0.6) is 5.88 Å². The van der Waals surface area contributed by atoms with Crippen molar-refractivity contribution in [3.63, 3.8) is 0 Å². The molecule has 35 heavy (non-hydrogen) atoms. The average Bonchev–Trinajstić information content (AvgIpc) is 2.76. The average molecular weight is 483 g/mol. The Hall–Kier alpha value is -4.55. The number of hydrogen-bond donors (Lipinski definition) is 6. The van der Waals surface area contributed by atoms with Crippen LogP contribution >= 0.6 is 0 Å². The van der Waals surface area contributed by atoms with E-state index in [1.165, 1.54) is 18.3 Å². The van der Waals surface area contributed by atoms with Crippen molar-refractivity contribution in [3.8, 4) is 5.88 Å². The lowest BCUT2D eigenvalue weighted by Crippen LogP contribution is -2.41. The van der Waals surface area contributed by atoms with Crippen LogP contribution in [-0.4, -0.2) is 64.7 Å². The third-order valence-corrected chi connectivity index (χ3v) is 4.96. The molecule has 0 radical (unpaired) electrons. The van der Waals surface area contributed by atoms with Gasteiger partial charge in [-0.15, -0.1) is 0 Å². The Bertz CT molecular complexity index is 1260. The number of nitrogens with one attached hydrogen (secondary N) is 2. The number of rotatable bonds is 10. The molecule has 0 aliphatic carbocycles. The molecule has 0 saturated heterocycles. The van der Waals surface area contributed by atoms with Gasteiger partial charge in [-0.05, 0) is 44.5 Å². The van der Waals surface area contributed by atoms with Crippen LogP contribution in [0.3, 0.4) is 0 Å². The van der Waals surface area contributed by atoms with E-state index in [1.807, 2.05) is 13.8 Å². The summed E-state index contributed by atoms with van der Waals surface area (Å²) in [5, 5.41) is 33.6. The van der Waals surface area contributed by atoms with Gasteiger partial charge in [-0.3, -0.25) is 9.59 Å². The minimum Gasteiger partial charge on any atom is -0.492 e. The first kappa shape index (κ1) is 25.1. The van der Waals surface area contributed by atoms with Crippen LogP contribution in [0.15, 0.2) is 30.5 Å². The van der Waals surface area contributed by atoms with E-state index in [4.69, 9.17) is 10.8 Å². The number of carbonyl (C=O) groups is 3. The zero-order valence-corrected chi connectivity index (χ0v) is 19.0. The monoisotopic (exact) mass is 483 g/mol. The Labute approximate surface area is 199 Å². The SMILES string of the molecule is CC(C)(Cc1cnc2nc(N)nc(O)c2n1)Nc1ccc(C(=O)NC(CCC(=O)O)C(=O)O)cc1. The first-order valence-corrected chi connectivity index (χ1v) is 10.6. The molecule has 13 nitrogen and oxygen atoms in total. The van der Waals surface area contributed by atoms with Crippen LogP contribution in [0.4, 0.5) is 11.6 Å². The van der Waals surface area contributed by atoms with Gasteiger partial charge in [0.25, 0.3) is 5.91 Å². The summed E-state index contributed by atoms with van der Waals surface area (Å²) in [7, 11) is 0. The number of benzene rings is 1. The van der Waals surface area contributed by atoms with Crippen LogP contribution in [0.1, 0.15) is 42.7 Å². The Morgan fingerprint density at radius 1 is 1.09 bits per heavy atom. The van der Waals surface area contributed by atoms with Crippen LogP contribution in [-0.2, 0) is 16.0 Å². The molecular formula is C22H25N7O6. The number of aromatic nitrogens is 4. The summed E-state index contributed by atoms with van der Waals surface area (Å²) >= 11 is 0. The highest BCUT2D eigenvalue weighted by molar-refractivity contribution is 5.97. The van der Waals surface area contributed by atoms with Crippen molar-refractivity contribution < 1.29 is 29.7 Å². The highest BCUT2D eigenvalue weighted by Crippen LogP contribution is 2.22. The zero-order chi connectivity index (χ0) is 25.8. The maximum absolute atomic E-state index is 12.4. The zero-order valence-electron chi connectivity index (χ0n) is 19.0. The maximum atomic E-state index is 12.4. The standard InChI is InChI=1S/C22H25N7O6/c1-22(2,9-13-10-24-17-16(25-13)19(33)28-21(23)27-17)29-12-5-3-11(4-6-12)18(32)26-14(20(34)35)7-8-15(30)31/h3-6,10,14,29H,7-9H2,1-2H3,(H,26,32)(H,30,31)(H,34,35)(H3,23,24,27,28,33). The first-order valence-electron chi connectivity index (χ1n) is 10.6. The van der Waals surface area contributed by atoms with E-state index in [0.717, 1.165) is 0 Å². The summed E-state index contributed by atoms with van der Waals surface area (Å²) in [6.07, 6.45) is 1.36. The third-order valence-electron chi connectivity index (χ3n) is 4.96. The predicted octanol–water partition coefficient (Wildman–Crippen LogP) is 1.19. The molecule has 184 valence electrons. The summed E-state index contributed by atoms with van der Waals surface area (Å²) in [5.74, 6) is -3.53. The fraction of sp³-hybridized carbons (Fsp3) is 0.318. The number of carboxylic acids is 2. The van der Waals surface area contributed by atoms with Crippen molar-refractivity contribution in [2.24, 2.45) is 0 Å². The Morgan fingerprint density at radius 2 is 1.77 bits per heavy atom. The van der Waals surface area contributed by atoms with Crippen LogP contribution < -0.4 is 16.4 Å². The lowest BCUT2D eigenvalue weighted by Gasteiger charge is -2.27. The van der Waals surface area contributed by atoms with E-state index < -0.39 is 29.4 Å². The summed E-state index contributed by atoms with van der Waals surface area (Å²) in [6.45, 7) is 3.86. The molecule has 7 N–H and O–H groups in total. The Balaban J connectivity index is 1.66. The number of aromatic hydroxyl groups is 1. The molecule has 3 rings (SSSR count). The number of carbonyl (C=O) groups excluding carboxylic acids is 1. The van der Waals surface area contributed by atoms with E-state index >= 15 is 0 Å². The van der Waals surface area contributed by atoms with Gasteiger partial charge in [-0.25, -0.2) is 14.8 Å². The lowest BCUT2D eigenvalue weighted by atomic mass is 9.98. The highest BCUT2D eigenvalue weighted by Gasteiger charge is 2.23. The molecule has 0 aliphatic rings. The second-order valence-electron chi connectivity index (χ2n) is 8.50. The molecule has 3 aromatic rings. The van der Waals surface area contributed by atoms with Crippen molar-refractivity contribution in [2.75, 3.05) is 11.1 Å². The van der Waals surface area contributed by atoms with Gasteiger partial charge < -0.3 is 31.7 Å². The largest absolute Gasteiger partial charge is 0.492 e. The highest BCUT2D eigenvalue weighted by atomic mass is 16.4. The molecule has 0 bridgehead atoms. The number of anilines is 2. The van der Waals surface area contributed by atoms with Gasteiger partial charge in [-0.2, -0.15) is 9.97 Å².